The Hall–Kier alpha value is -2.75. The van der Waals surface area contributed by atoms with Gasteiger partial charge in [0.15, 0.2) is 0 Å². The molecule has 0 aliphatic rings. The lowest BCUT2D eigenvalue weighted by atomic mass is 10.1. The Balaban J connectivity index is 1.95. The second kappa shape index (κ2) is 8.63. The molecule has 4 nitrogen and oxygen atoms in total. The van der Waals surface area contributed by atoms with E-state index in [0.717, 1.165) is 23.8 Å². The van der Waals surface area contributed by atoms with Gasteiger partial charge in [0.05, 0.1) is 0 Å². The van der Waals surface area contributed by atoms with Gasteiger partial charge in [-0.2, -0.15) is 0 Å². The molecule has 2 aromatic carbocycles. The van der Waals surface area contributed by atoms with Crippen LogP contribution in [0.5, 0.6) is 11.5 Å². The summed E-state index contributed by atoms with van der Waals surface area (Å²) in [5.41, 5.74) is 1.08. The maximum absolute atomic E-state index is 11.3. The second-order valence-corrected chi connectivity index (χ2v) is 5.09. The van der Waals surface area contributed by atoms with E-state index in [2.05, 4.69) is 6.58 Å². The first kappa shape index (κ1) is 16.6. The van der Waals surface area contributed by atoms with Gasteiger partial charge < -0.3 is 14.6 Å². The van der Waals surface area contributed by atoms with E-state index in [-0.39, 0.29) is 18.5 Å². The zero-order valence-electron chi connectivity index (χ0n) is 12.9. The minimum atomic E-state index is -0.462. The second-order valence-electron chi connectivity index (χ2n) is 5.09. The molecule has 1 unspecified atom stereocenters. The number of hydrogen-bond acceptors (Lipinski definition) is 4. The smallest absolute Gasteiger partial charge is 0.330 e. The van der Waals surface area contributed by atoms with Crippen molar-refractivity contribution in [2.75, 3.05) is 6.61 Å². The number of rotatable bonds is 8. The third-order valence-corrected chi connectivity index (χ3v) is 3.32. The van der Waals surface area contributed by atoms with Crippen LogP contribution in [0.2, 0.25) is 0 Å². The fourth-order valence-corrected chi connectivity index (χ4v) is 2.09. The zero-order valence-corrected chi connectivity index (χ0v) is 12.9. The van der Waals surface area contributed by atoms with E-state index in [1.54, 1.807) is 12.1 Å². The third kappa shape index (κ3) is 5.87. The Kier molecular flexibility index (Phi) is 6.24. The standard InChI is InChI=1S/C19H20O4/c1-2-19(21)22-14-18(23-17-6-4-3-5-7-17)13-10-15-8-11-16(20)12-9-15/h2-9,11-12,18,20H,1,10,13-14H2. The number of benzene rings is 2. The van der Waals surface area contributed by atoms with E-state index in [1.807, 2.05) is 42.5 Å². The molecular weight excluding hydrogens is 292 g/mol. The molecular formula is C19H20O4. The van der Waals surface area contributed by atoms with Gasteiger partial charge in [-0.3, -0.25) is 0 Å². The lowest BCUT2D eigenvalue weighted by Crippen LogP contribution is -2.25. The van der Waals surface area contributed by atoms with Crippen molar-refractivity contribution in [2.45, 2.75) is 18.9 Å². The van der Waals surface area contributed by atoms with Crippen molar-refractivity contribution in [3.63, 3.8) is 0 Å². The first-order chi connectivity index (χ1) is 11.2. The van der Waals surface area contributed by atoms with Crippen molar-refractivity contribution in [3.8, 4) is 11.5 Å². The zero-order chi connectivity index (χ0) is 16.5. The Morgan fingerprint density at radius 3 is 2.48 bits per heavy atom. The van der Waals surface area contributed by atoms with Gasteiger partial charge in [0.2, 0.25) is 0 Å². The van der Waals surface area contributed by atoms with Crippen LogP contribution >= 0.6 is 0 Å². The topological polar surface area (TPSA) is 55.8 Å². The summed E-state index contributed by atoms with van der Waals surface area (Å²) in [4.78, 5) is 11.3. The summed E-state index contributed by atoms with van der Waals surface area (Å²) in [6, 6.07) is 16.5. The highest BCUT2D eigenvalue weighted by Gasteiger charge is 2.13. The average molecular weight is 312 g/mol. The van der Waals surface area contributed by atoms with Crippen LogP contribution in [0.1, 0.15) is 12.0 Å². The number of ether oxygens (including phenoxy) is 2. The summed E-state index contributed by atoms with van der Waals surface area (Å²) in [6.45, 7) is 3.55. The van der Waals surface area contributed by atoms with Gasteiger partial charge in [-0.25, -0.2) is 4.79 Å². The molecule has 1 atom stereocenters. The minimum Gasteiger partial charge on any atom is -0.508 e. The normalized spacial score (nSPS) is 11.5. The number of carbonyl (C=O) groups is 1. The number of aryl methyl sites for hydroxylation is 1. The number of phenols is 1. The van der Waals surface area contributed by atoms with Crippen LogP contribution in [0.25, 0.3) is 0 Å². The highest BCUT2D eigenvalue weighted by atomic mass is 16.6. The van der Waals surface area contributed by atoms with E-state index in [0.29, 0.717) is 6.42 Å². The molecule has 0 saturated heterocycles. The third-order valence-electron chi connectivity index (χ3n) is 3.32. The fraction of sp³-hybridized carbons (Fsp3) is 0.211. The van der Waals surface area contributed by atoms with Gasteiger partial charge in [-0.1, -0.05) is 36.9 Å². The predicted molar refractivity (Wildman–Crippen MR) is 88.4 cm³/mol. The maximum atomic E-state index is 11.3. The molecule has 1 N–H and O–H groups in total. The van der Waals surface area contributed by atoms with E-state index < -0.39 is 5.97 Å². The number of aromatic hydroxyl groups is 1. The monoisotopic (exact) mass is 312 g/mol. The highest BCUT2D eigenvalue weighted by molar-refractivity contribution is 5.81. The molecule has 2 rings (SSSR count). The Labute approximate surface area is 136 Å². The quantitative estimate of drug-likeness (QED) is 0.599. The molecule has 2 aromatic rings. The number of para-hydroxylation sites is 1. The summed E-state index contributed by atoms with van der Waals surface area (Å²) in [7, 11) is 0. The van der Waals surface area contributed by atoms with Crippen molar-refractivity contribution in [2.24, 2.45) is 0 Å². The van der Waals surface area contributed by atoms with Crippen molar-refractivity contribution in [3.05, 3.63) is 72.8 Å². The maximum Gasteiger partial charge on any atom is 0.330 e. The van der Waals surface area contributed by atoms with Gasteiger partial charge in [-0.15, -0.1) is 0 Å². The summed E-state index contributed by atoms with van der Waals surface area (Å²) in [6.07, 6.45) is 2.32. The molecule has 0 saturated carbocycles. The van der Waals surface area contributed by atoms with E-state index in [9.17, 15) is 9.90 Å². The van der Waals surface area contributed by atoms with Crippen LogP contribution in [-0.2, 0) is 16.0 Å². The number of hydrogen-bond donors (Lipinski definition) is 1. The summed E-state index contributed by atoms with van der Waals surface area (Å²) < 4.78 is 11.0. The van der Waals surface area contributed by atoms with Gasteiger partial charge >= 0.3 is 5.97 Å². The molecule has 0 radical (unpaired) electrons. The lowest BCUT2D eigenvalue weighted by Gasteiger charge is -2.19. The molecule has 0 fully saturated rings. The van der Waals surface area contributed by atoms with Gasteiger partial charge in [0.25, 0.3) is 0 Å². The van der Waals surface area contributed by atoms with Gasteiger partial charge in [-0.05, 0) is 42.7 Å². The molecule has 120 valence electrons. The van der Waals surface area contributed by atoms with Gasteiger partial charge in [0, 0.05) is 6.08 Å². The van der Waals surface area contributed by atoms with Crippen molar-refractivity contribution >= 4 is 5.97 Å². The molecule has 0 aliphatic heterocycles. The Bertz CT molecular complexity index is 620. The van der Waals surface area contributed by atoms with Gasteiger partial charge in [0.1, 0.15) is 24.2 Å². The minimum absolute atomic E-state index is 0.165. The number of phenolic OH excluding ortho intramolecular Hbond substituents is 1. The molecule has 4 heteroatoms. The average Bonchev–Trinajstić information content (AvgIpc) is 2.59. The lowest BCUT2D eigenvalue weighted by molar-refractivity contribution is -0.140. The molecule has 0 aliphatic carbocycles. The van der Waals surface area contributed by atoms with Crippen LogP contribution < -0.4 is 4.74 Å². The van der Waals surface area contributed by atoms with E-state index in [1.165, 1.54) is 0 Å². The number of esters is 1. The first-order valence-electron chi connectivity index (χ1n) is 7.46. The van der Waals surface area contributed by atoms with Crippen molar-refractivity contribution < 1.29 is 19.4 Å². The Morgan fingerprint density at radius 1 is 1.13 bits per heavy atom. The van der Waals surface area contributed by atoms with Crippen molar-refractivity contribution in [1.82, 2.24) is 0 Å². The molecule has 0 heterocycles. The Morgan fingerprint density at radius 2 is 1.83 bits per heavy atom. The summed E-state index contributed by atoms with van der Waals surface area (Å²) >= 11 is 0. The molecule has 0 spiro atoms. The molecule has 0 aromatic heterocycles. The molecule has 0 bridgehead atoms. The summed E-state index contributed by atoms with van der Waals surface area (Å²) in [5, 5.41) is 9.31. The first-order valence-corrected chi connectivity index (χ1v) is 7.46. The number of carbonyl (C=O) groups excluding carboxylic acids is 1. The fourth-order valence-electron chi connectivity index (χ4n) is 2.09. The highest BCUT2D eigenvalue weighted by Crippen LogP contribution is 2.16. The van der Waals surface area contributed by atoms with Crippen LogP contribution in [0.15, 0.2) is 67.3 Å². The molecule has 0 amide bonds. The van der Waals surface area contributed by atoms with Crippen LogP contribution in [-0.4, -0.2) is 23.8 Å². The van der Waals surface area contributed by atoms with Crippen LogP contribution in [0.3, 0.4) is 0 Å². The van der Waals surface area contributed by atoms with Crippen LogP contribution in [0.4, 0.5) is 0 Å². The van der Waals surface area contributed by atoms with Crippen molar-refractivity contribution in [1.29, 1.82) is 0 Å². The SMILES string of the molecule is C=CC(=O)OCC(CCc1ccc(O)cc1)Oc1ccccc1. The van der Waals surface area contributed by atoms with Crippen LogP contribution in [0, 0.1) is 0 Å². The predicted octanol–water partition coefficient (Wildman–Crippen LogP) is 3.50. The largest absolute Gasteiger partial charge is 0.508 e. The summed E-state index contributed by atoms with van der Waals surface area (Å²) in [5.74, 6) is 0.514. The van der Waals surface area contributed by atoms with E-state index >= 15 is 0 Å². The molecule has 23 heavy (non-hydrogen) atoms. The van der Waals surface area contributed by atoms with E-state index in [4.69, 9.17) is 9.47 Å².